The van der Waals surface area contributed by atoms with E-state index in [0.717, 1.165) is 25.0 Å². The zero-order valence-corrected chi connectivity index (χ0v) is 10.7. The summed E-state index contributed by atoms with van der Waals surface area (Å²) in [5.74, 6) is 2.47. The average Bonchev–Trinajstić information content (AvgIpc) is 2.79. The fourth-order valence-corrected chi connectivity index (χ4v) is 3.66. The van der Waals surface area contributed by atoms with Crippen molar-refractivity contribution in [1.29, 1.82) is 0 Å². The SMILES string of the molecule is COCC(C)C(CN)N1CC2CCCC2C1. The molecule has 94 valence electrons. The van der Waals surface area contributed by atoms with Crippen LogP contribution in [0.3, 0.4) is 0 Å². The van der Waals surface area contributed by atoms with Gasteiger partial charge in [-0.15, -0.1) is 0 Å². The monoisotopic (exact) mass is 226 g/mol. The fraction of sp³-hybridized carbons (Fsp3) is 1.00. The standard InChI is InChI=1S/C13H26N2O/c1-10(9-16-2)13(6-14)15-7-11-4-3-5-12(11)8-15/h10-13H,3-9,14H2,1-2H3. The van der Waals surface area contributed by atoms with Gasteiger partial charge < -0.3 is 10.5 Å². The third-order valence-corrected chi connectivity index (χ3v) is 4.55. The Hall–Kier alpha value is -0.120. The Morgan fingerprint density at radius 2 is 1.94 bits per heavy atom. The van der Waals surface area contributed by atoms with Crippen molar-refractivity contribution in [3.63, 3.8) is 0 Å². The summed E-state index contributed by atoms with van der Waals surface area (Å²) in [6.07, 6.45) is 4.33. The van der Waals surface area contributed by atoms with Crippen LogP contribution in [0.5, 0.6) is 0 Å². The van der Waals surface area contributed by atoms with E-state index in [-0.39, 0.29) is 0 Å². The first-order valence-electron chi connectivity index (χ1n) is 6.69. The van der Waals surface area contributed by atoms with Crippen LogP contribution < -0.4 is 5.73 Å². The second-order valence-electron chi connectivity index (χ2n) is 5.64. The molecule has 1 aliphatic heterocycles. The van der Waals surface area contributed by atoms with Gasteiger partial charge in [-0.25, -0.2) is 0 Å². The van der Waals surface area contributed by atoms with Crippen molar-refractivity contribution >= 4 is 0 Å². The Labute approximate surface area is 99.3 Å². The van der Waals surface area contributed by atoms with Crippen molar-refractivity contribution in [2.45, 2.75) is 32.2 Å². The van der Waals surface area contributed by atoms with Crippen molar-refractivity contribution in [2.24, 2.45) is 23.5 Å². The molecule has 0 amide bonds. The van der Waals surface area contributed by atoms with Gasteiger partial charge in [0, 0.05) is 32.8 Å². The average molecular weight is 226 g/mol. The molecule has 4 unspecified atom stereocenters. The van der Waals surface area contributed by atoms with Crippen LogP contribution in [0.2, 0.25) is 0 Å². The van der Waals surface area contributed by atoms with Crippen LogP contribution >= 0.6 is 0 Å². The zero-order valence-electron chi connectivity index (χ0n) is 10.7. The Balaban J connectivity index is 1.90. The summed E-state index contributed by atoms with van der Waals surface area (Å²) in [7, 11) is 1.78. The number of rotatable bonds is 5. The second kappa shape index (κ2) is 5.48. The van der Waals surface area contributed by atoms with E-state index in [2.05, 4.69) is 11.8 Å². The molecule has 1 saturated heterocycles. The number of nitrogens with zero attached hydrogens (tertiary/aromatic N) is 1. The quantitative estimate of drug-likeness (QED) is 0.768. The largest absolute Gasteiger partial charge is 0.384 e. The number of hydrogen-bond acceptors (Lipinski definition) is 3. The Morgan fingerprint density at radius 1 is 1.31 bits per heavy atom. The van der Waals surface area contributed by atoms with Crippen LogP contribution in [0, 0.1) is 17.8 Å². The Kier molecular flexibility index (Phi) is 4.22. The highest BCUT2D eigenvalue weighted by molar-refractivity contribution is 4.92. The number of nitrogens with two attached hydrogens (primary N) is 1. The molecule has 0 radical (unpaired) electrons. The number of likely N-dealkylation sites (tertiary alicyclic amines) is 1. The third kappa shape index (κ3) is 2.41. The summed E-state index contributed by atoms with van der Waals surface area (Å²) in [6.45, 7) is 6.41. The Morgan fingerprint density at radius 3 is 2.44 bits per heavy atom. The molecule has 0 aromatic heterocycles. The first-order valence-corrected chi connectivity index (χ1v) is 6.69. The molecule has 3 heteroatoms. The van der Waals surface area contributed by atoms with E-state index in [1.54, 1.807) is 7.11 Å². The van der Waals surface area contributed by atoms with Gasteiger partial charge in [-0.2, -0.15) is 0 Å². The molecule has 0 spiro atoms. The van der Waals surface area contributed by atoms with E-state index in [0.29, 0.717) is 12.0 Å². The first kappa shape index (κ1) is 12.3. The van der Waals surface area contributed by atoms with Crippen molar-refractivity contribution in [1.82, 2.24) is 4.90 Å². The van der Waals surface area contributed by atoms with Gasteiger partial charge in [-0.1, -0.05) is 13.3 Å². The van der Waals surface area contributed by atoms with Gasteiger partial charge in [0.2, 0.25) is 0 Å². The van der Waals surface area contributed by atoms with Gasteiger partial charge >= 0.3 is 0 Å². The lowest BCUT2D eigenvalue weighted by atomic mass is 10.0. The highest BCUT2D eigenvalue weighted by Crippen LogP contribution is 2.39. The lowest BCUT2D eigenvalue weighted by Gasteiger charge is -2.32. The number of hydrogen-bond donors (Lipinski definition) is 1. The van der Waals surface area contributed by atoms with Gasteiger partial charge in [-0.3, -0.25) is 4.90 Å². The normalized spacial score (nSPS) is 33.9. The van der Waals surface area contributed by atoms with Crippen molar-refractivity contribution < 1.29 is 4.74 Å². The van der Waals surface area contributed by atoms with Gasteiger partial charge in [-0.05, 0) is 30.6 Å². The lowest BCUT2D eigenvalue weighted by molar-refractivity contribution is 0.0935. The van der Waals surface area contributed by atoms with E-state index in [4.69, 9.17) is 10.5 Å². The van der Waals surface area contributed by atoms with E-state index < -0.39 is 0 Å². The fourth-order valence-electron chi connectivity index (χ4n) is 3.66. The van der Waals surface area contributed by atoms with E-state index >= 15 is 0 Å². The second-order valence-corrected chi connectivity index (χ2v) is 5.64. The van der Waals surface area contributed by atoms with Gasteiger partial charge in [0.25, 0.3) is 0 Å². The summed E-state index contributed by atoms with van der Waals surface area (Å²) >= 11 is 0. The van der Waals surface area contributed by atoms with Crippen LogP contribution in [0.15, 0.2) is 0 Å². The molecule has 2 aliphatic rings. The number of fused-ring (bicyclic) bond motifs is 1. The van der Waals surface area contributed by atoms with Crippen LogP contribution in [-0.2, 0) is 4.74 Å². The van der Waals surface area contributed by atoms with E-state index in [1.807, 2.05) is 0 Å². The maximum atomic E-state index is 5.94. The number of ether oxygens (including phenoxy) is 1. The van der Waals surface area contributed by atoms with Gasteiger partial charge in [0.05, 0.1) is 6.61 Å². The molecule has 1 heterocycles. The summed E-state index contributed by atoms with van der Waals surface area (Å²) < 4.78 is 5.26. The van der Waals surface area contributed by atoms with E-state index in [9.17, 15) is 0 Å². The van der Waals surface area contributed by atoms with Crippen LogP contribution in [0.25, 0.3) is 0 Å². The van der Waals surface area contributed by atoms with Crippen molar-refractivity contribution in [3.05, 3.63) is 0 Å². The highest BCUT2D eigenvalue weighted by Gasteiger charge is 2.39. The summed E-state index contributed by atoms with van der Waals surface area (Å²) in [4.78, 5) is 2.62. The van der Waals surface area contributed by atoms with Crippen LogP contribution in [-0.4, -0.2) is 44.3 Å². The molecule has 1 saturated carbocycles. The van der Waals surface area contributed by atoms with E-state index in [1.165, 1.54) is 32.4 Å². The van der Waals surface area contributed by atoms with Gasteiger partial charge in [0.1, 0.15) is 0 Å². The van der Waals surface area contributed by atoms with Crippen LogP contribution in [0.1, 0.15) is 26.2 Å². The highest BCUT2D eigenvalue weighted by atomic mass is 16.5. The molecule has 2 N–H and O–H groups in total. The number of methoxy groups -OCH3 is 1. The van der Waals surface area contributed by atoms with Crippen molar-refractivity contribution in [3.8, 4) is 0 Å². The molecule has 0 bridgehead atoms. The molecule has 3 nitrogen and oxygen atoms in total. The van der Waals surface area contributed by atoms with Crippen LogP contribution in [0.4, 0.5) is 0 Å². The summed E-state index contributed by atoms with van der Waals surface area (Å²) in [5.41, 5.74) is 5.94. The molecule has 0 aromatic rings. The maximum absolute atomic E-state index is 5.94. The molecule has 4 atom stereocenters. The third-order valence-electron chi connectivity index (χ3n) is 4.55. The Bertz CT molecular complexity index is 210. The predicted molar refractivity (Wildman–Crippen MR) is 66.3 cm³/mol. The maximum Gasteiger partial charge on any atom is 0.0503 e. The lowest BCUT2D eigenvalue weighted by Crippen LogP contribution is -2.45. The minimum absolute atomic E-state index is 0.519. The predicted octanol–water partition coefficient (Wildman–Crippen LogP) is 1.33. The molecule has 2 rings (SSSR count). The molecule has 2 fully saturated rings. The topological polar surface area (TPSA) is 38.5 Å². The summed E-state index contributed by atoms with van der Waals surface area (Å²) in [6, 6.07) is 0.519. The molecule has 1 aliphatic carbocycles. The minimum atomic E-state index is 0.519. The molecule has 16 heavy (non-hydrogen) atoms. The molecular formula is C13H26N2O. The molecular weight excluding hydrogens is 200 g/mol. The zero-order chi connectivity index (χ0) is 11.5. The summed E-state index contributed by atoms with van der Waals surface area (Å²) in [5, 5.41) is 0. The first-order chi connectivity index (χ1) is 7.76. The molecule has 0 aromatic carbocycles. The smallest absolute Gasteiger partial charge is 0.0503 e. The van der Waals surface area contributed by atoms with Gasteiger partial charge in [0.15, 0.2) is 0 Å². The minimum Gasteiger partial charge on any atom is -0.384 e. The van der Waals surface area contributed by atoms with Crippen molar-refractivity contribution in [2.75, 3.05) is 33.4 Å².